The number of aryl methyl sites for hydroxylation is 1. The Labute approximate surface area is 117 Å². The highest BCUT2D eigenvalue weighted by Crippen LogP contribution is 2.19. The van der Waals surface area contributed by atoms with Crippen molar-refractivity contribution in [1.29, 1.82) is 0 Å². The predicted molar refractivity (Wildman–Crippen MR) is 78.4 cm³/mol. The first-order valence-corrected chi connectivity index (χ1v) is 6.97. The van der Waals surface area contributed by atoms with E-state index in [0.29, 0.717) is 13.0 Å². The molecule has 1 N–H and O–H groups in total. The number of rotatable bonds is 4. The minimum atomic E-state index is 0.113. The van der Waals surface area contributed by atoms with E-state index in [0.717, 1.165) is 15.5 Å². The van der Waals surface area contributed by atoms with Crippen molar-refractivity contribution < 1.29 is 9.84 Å². The lowest BCUT2D eigenvalue weighted by atomic mass is 10.2. The van der Waals surface area contributed by atoms with Crippen LogP contribution in [-0.4, -0.2) is 11.7 Å². The summed E-state index contributed by atoms with van der Waals surface area (Å²) in [6.45, 7) is 2.73. The average molecular weight is 272 g/mol. The summed E-state index contributed by atoms with van der Waals surface area (Å²) in [5, 5.41) is 8.66. The molecule has 3 heteroatoms. The van der Waals surface area contributed by atoms with Crippen molar-refractivity contribution in [2.75, 3.05) is 6.61 Å². The molecule has 2 rings (SSSR count). The fourth-order valence-corrected chi connectivity index (χ4v) is 2.31. The van der Waals surface area contributed by atoms with E-state index in [1.807, 2.05) is 36.4 Å². The molecule has 0 spiro atoms. The van der Waals surface area contributed by atoms with Gasteiger partial charge >= 0.3 is 0 Å². The Hall–Kier alpha value is -1.76. The second kappa shape index (κ2) is 6.98. The van der Waals surface area contributed by atoms with Gasteiger partial charge in [-0.05, 0) is 31.2 Å². The number of hydrogen-bond acceptors (Lipinski definition) is 3. The molecule has 0 atom stereocenters. The summed E-state index contributed by atoms with van der Waals surface area (Å²) in [6.07, 6.45) is 0.521. The lowest BCUT2D eigenvalue weighted by molar-refractivity contribution is 0.305. The van der Waals surface area contributed by atoms with E-state index in [1.165, 1.54) is 5.56 Å². The maximum absolute atomic E-state index is 8.66. The molecule has 2 aromatic rings. The number of thiophene rings is 1. The molecular formula is C16H16O2S. The molecule has 0 bridgehead atoms. The lowest BCUT2D eigenvalue weighted by Gasteiger charge is -2.04. The largest absolute Gasteiger partial charge is 0.488 e. The number of aliphatic hydroxyl groups excluding tert-OH is 1. The minimum Gasteiger partial charge on any atom is -0.488 e. The van der Waals surface area contributed by atoms with E-state index in [-0.39, 0.29) is 6.61 Å². The lowest BCUT2D eigenvalue weighted by Crippen LogP contribution is -1.92. The standard InChI is InChI=1S/C16H16O2S/c1-13-5-7-14(8-6-13)18-12-16-10-9-15(19-16)4-2-3-11-17/h5-10,17H,3,11-12H2,1H3. The van der Waals surface area contributed by atoms with Gasteiger partial charge in [0, 0.05) is 11.3 Å². The van der Waals surface area contributed by atoms with Crippen molar-refractivity contribution in [2.45, 2.75) is 20.0 Å². The minimum absolute atomic E-state index is 0.113. The highest BCUT2D eigenvalue weighted by atomic mass is 32.1. The quantitative estimate of drug-likeness (QED) is 0.865. The molecule has 1 aromatic carbocycles. The van der Waals surface area contributed by atoms with Crippen LogP contribution < -0.4 is 4.74 Å². The van der Waals surface area contributed by atoms with Crippen LogP contribution in [-0.2, 0) is 6.61 Å². The summed E-state index contributed by atoms with van der Waals surface area (Å²) in [4.78, 5) is 2.16. The summed E-state index contributed by atoms with van der Waals surface area (Å²) in [7, 11) is 0. The van der Waals surface area contributed by atoms with Crippen molar-refractivity contribution >= 4 is 11.3 Å². The van der Waals surface area contributed by atoms with E-state index < -0.39 is 0 Å². The van der Waals surface area contributed by atoms with Gasteiger partial charge in [0.05, 0.1) is 11.5 Å². The molecule has 0 aliphatic heterocycles. The van der Waals surface area contributed by atoms with Crippen LogP contribution in [0.3, 0.4) is 0 Å². The van der Waals surface area contributed by atoms with E-state index >= 15 is 0 Å². The third-order valence-corrected chi connectivity index (χ3v) is 3.49. The molecule has 0 aliphatic carbocycles. The van der Waals surface area contributed by atoms with Crippen molar-refractivity contribution in [3.63, 3.8) is 0 Å². The van der Waals surface area contributed by atoms with Crippen LogP contribution in [0.5, 0.6) is 5.75 Å². The molecule has 2 nitrogen and oxygen atoms in total. The first kappa shape index (κ1) is 13.7. The normalized spacial score (nSPS) is 9.79. The maximum Gasteiger partial charge on any atom is 0.122 e. The summed E-state index contributed by atoms with van der Waals surface area (Å²) >= 11 is 1.63. The predicted octanol–water partition coefficient (Wildman–Crippen LogP) is 3.37. The van der Waals surface area contributed by atoms with Gasteiger partial charge in [-0.15, -0.1) is 11.3 Å². The first-order chi connectivity index (χ1) is 9.28. The van der Waals surface area contributed by atoms with Gasteiger partial charge < -0.3 is 9.84 Å². The van der Waals surface area contributed by atoms with Crippen molar-refractivity contribution in [3.05, 3.63) is 51.7 Å². The van der Waals surface area contributed by atoms with Gasteiger partial charge in [0.15, 0.2) is 0 Å². The smallest absolute Gasteiger partial charge is 0.122 e. The SMILES string of the molecule is Cc1ccc(OCc2ccc(C#CCCO)s2)cc1. The summed E-state index contributed by atoms with van der Waals surface area (Å²) in [5.74, 6) is 6.82. The van der Waals surface area contributed by atoms with E-state index in [4.69, 9.17) is 9.84 Å². The molecule has 0 unspecified atom stereocenters. The number of benzene rings is 1. The van der Waals surface area contributed by atoms with Gasteiger partial charge in [0.2, 0.25) is 0 Å². The summed E-state index contributed by atoms with van der Waals surface area (Å²) < 4.78 is 5.71. The molecular weight excluding hydrogens is 256 g/mol. The van der Waals surface area contributed by atoms with Gasteiger partial charge in [-0.2, -0.15) is 0 Å². The summed E-state index contributed by atoms with van der Waals surface area (Å²) in [5.41, 5.74) is 1.23. The van der Waals surface area contributed by atoms with Crippen molar-refractivity contribution in [1.82, 2.24) is 0 Å². The molecule has 0 saturated heterocycles. The van der Waals surface area contributed by atoms with Gasteiger partial charge in [-0.1, -0.05) is 29.5 Å². The average Bonchev–Trinajstić information content (AvgIpc) is 2.86. The molecule has 1 aromatic heterocycles. The molecule has 0 saturated carbocycles. The number of ether oxygens (including phenoxy) is 1. The highest BCUT2D eigenvalue weighted by molar-refractivity contribution is 7.12. The molecule has 0 amide bonds. The van der Waals surface area contributed by atoms with Crippen LogP contribution >= 0.6 is 11.3 Å². The Morgan fingerprint density at radius 1 is 1.16 bits per heavy atom. The van der Waals surface area contributed by atoms with E-state index in [1.54, 1.807) is 11.3 Å². The Kier molecular flexibility index (Phi) is 5.02. The highest BCUT2D eigenvalue weighted by Gasteiger charge is 1.99. The third-order valence-electron chi connectivity index (χ3n) is 2.51. The van der Waals surface area contributed by atoms with E-state index in [9.17, 15) is 0 Å². The van der Waals surface area contributed by atoms with Crippen LogP contribution in [0.15, 0.2) is 36.4 Å². The van der Waals surface area contributed by atoms with Crippen molar-refractivity contribution in [2.24, 2.45) is 0 Å². The van der Waals surface area contributed by atoms with Crippen LogP contribution in [0.4, 0.5) is 0 Å². The maximum atomic E-state index is 8.66. The Balaban J connectivity index is 1.90. The third kappa shape index (κ3) is 4.44. The van der Waals surface area contributed by atoms with E-state index in [2.05, 4.69) is 18.8 Å². The molecule has 0 aliphatic rings. The fraction of sp³-hybridized carbons (Fsp3) is 0.250. The number of hydrogen-bond donors (Lipinski definition) is 1. The zero-order chi connectivity index (χ0) is 13.5. The van der Waals surface area contributed by atoms with Gasteiger partial charge in [0.25, 0.3) is 0 Å². The summed E-state index contributed by atoms with van der Waals surface area (Å²) in [6, 6.07) is 12.0. The molecule has 0 radical (unpaired) electrons. The van der Waals surface area contributed by atoms with Gasteiger partial charge in [0.1, 0.15) is 12.4 Å². The first-order valence-electron chi connectivity index (χ1n) is 6.16. The Morgan fingerprint density at radius 3 is 2.68 bits per heavy atom. The van der Waals surface area contributed by atoms with Crippen LogP contribution in [0, 0.1) is 18.8 Å². The topological polar surface area (TPSA) is 29.5 Å². The second-order valence-corrected chi connectivity index (χ2v) is 5.31. The van der Waals surface area contributed by atoms with Crippen LogP contribution in [0.25, 0.3) is 0 Å². The van der Waals surface area contributed by atoms with Crippen LogP contribution in [0.2, 0.25) is 0 Å². The van der Waals surface area contributed by atoms with Gasteiger partial charge in [-0.3, -0.25) is 0 Å². The molecule has 1 heterocycles. The second-order valence-electron chi connectivity index (χ2n) is 4.14. The Morgan fingerprint density at radius 2 is 1.95 bits per heavy atom. The molecule has 0 fully saturated rings. The molecule has 98 valence electrons. The van der Waals surface area contributed by atoms with Crippen molar-refractivity contribution in [3.8, 4) is 17.6 Å². The number of aliphatic hydroxyl groups is 1. The van der Waals surface area contributed by atoms with Crippen LogP contribution in [0.1, 0.15) is 21.7 Å². The Bertz CT molecular complexity index is 573. The van der Waals surface area contributed by atoms with Gasteiger partial charge in [-0.25, -0.2) is 0 Å². The fourth-order valence-electron chi connectivity index (χ4n) is 1.52. The molecule has 19 heavy (non-hydrogen) atoms. The zero-order valence-corrected chi connectivity index (χ0v) is 11.7. The zero-order valence-electron chi connectivity index (χ0n) is 10.8. The monoisotopic (exact) mass is 272 g/mol.